The van der Waals surface area contributed by atoms with Crippen LogP contribution in [0, 0.1) is 0 Å². The molecule has 0 aliphatic heterocycles. The van der Waals surface area contributed by atoms with E-state index in [4.69, 9.17) is 0 Å². The molecule has 0 saturated carbocycles. The summed E-state index contributed by atoms with van der Waals surface area (Å²) in [6, 6.07) is 18.3. The Hall–Kier alpha value is -2.41. The van der Waals surface area contributed by atoms with Crippen molar-refractivity contribution >= 4 is 17.9 Å². The predicted molar refractivity (Wildman–Crippen MR) is 87.9 cm³/mol. The number of ketones is 1. The smallest absolute Gasteiger partial charge is 0.166 e. The van der Waals surface area contributed by atoms with Crippen molar-refractivity contribution in [2.45, 2.75) is 18.8 Å². The molecule has 21 heavy (non-hydrogen) atoms. The van der Waals surface area contributed by atoms with Gasteiger partial charge in [0.1, 0.15) is 0 Å². The van der Waals surface area contributed by atoms with Gasteiger partial charge in [0.15, 0.2) is 5.78 Å². The monoisotopic (exact) mass is 274 g/mol. The van der Waals surface area contributed by atoms with E-state index in [9.17, 15) is 4.79 Å². The molecule has 0 fully saturated rings. The van der Waals surface area contributed by atoms with Crippen molar-refractivity contribution in [3.05, 3.63) is 83.4 Å². The molecule has 0 saturated heterocycles. The van der Waals surface area contributed by atoms with E-state index in [-0.39, 0.29) is 5.78 Å². The van der Waals surface area contributed by atoms with E-state index in [2.05, 4.69) is 36.4 Å². The Kier molecular flexibility index (Phi) is 3.57. The summed E-state index contributed by atoms with van der Waals surface area (Å²) in [5.41, 5.74) is 2.97. The second-order valence-electron chi connectivity index (χ2n) is 5.63. The summed E-state index contributed by atoms with van der Waals surface area (Å²) in [6.07, 6.45) is 8.52. The highest BCUT2D eigenvalue weighted by molar-refractivity contribution is 6.05. The lowest BCUT2D eigenvalue weighted by atomic mass is 9.71. The Labute approximate surface area is 125 Å². The molecule has 0 heterocycles. The van der Waals surface area contributed by atoms with Crippen LogP contribution in [-0.4, -0.2) is 5.78 Å². The number of carbonyl (C=O) groups is 1. The summed E-state index contributed by atoms with van der Waals surface area (Å²) in [6.45, 7) is 2.03. The highest BCUT2D eigenvalue weighted by atomic mass is 16.1. The van der Waals surface area contributed by atoms with Crippen LogP contribution in [0.4, 0.5) is 0 Å². The molecule has 0 aromatic heterocycles. The highest BCUT2D eigenvalue weighted by Gasteiger charge is 2.35. The van der Waals surface area contributed by atoms with Gasteiger partial charge in [-0.25, -0.2) is 0 Å². The second-order valence-corrected chi connectivity index (χ2v) is 5.63. The largest absolute Gasteiger partial charge is 0.294 e. The van der Waals surface area contributed by atoms with E-state index in [0.29, 0.717) is 6.42 Å². The molecule has 1 nitrogen and oxygen atoms in total. The second kappa shape index (κ2) is 5.53. The number of carbonyl (C=O) groups excluding carboxylic acids is 1. The van der Waals surface area contributed by atoms with Crippen LogP contribution in [0.15, 0.2) is 66.7 Å². The van der Waals surface area contributed by atoms with Crippen LogP contribution in [0.2, 0.25) is 0 Å². The van der Waals surface area contributed by atoms with Crippen molar-refractivity contribution in [3.8, 4) is 0 Å². The summed E-state index contributed by atoms with van der Waals surface area (Å²) < 4.78 is 0. The van der Waals surface area contributed by atoms with Gasteiger partial charge in [0, 0.05) is 0 Å². The number of rotatable bonds is 3. The number of benzene rings is 2. The summed E-state index contributed by atoms with van der Waals surface area (Å²) in [4.78, 5) is 12.4. The van der Waals surface area contributed by atoms with Crippen LogP contribution in [0.25, 0.3) is 12.2 Å². The minimum atomic E-state index is -0.462. The molecule has 104 valence electrons. The van der Waals surface area contributed by atoms with Gasteiger partial charge in [-0.05, 0) is 36.1 Å². The van der Waals surface area contributed by atoms with Crippen LogP contribution < -0.4 is 0 Å². The molecule has 1 aliphatic carbocycles. The zero-order valence-electron chi connectivity index (χ0n) is 12.1. The first-order chi connectivity index (χ1) is 10.2. The molecular formula is C20H18O. The quantitative estimate of drug-likeness (QED) is 0.796. The van der Waals surface area contributed by atoms with Crippen molar-refractivity contribution in [3.63, 3.8) is 0 Å². The van der Waals surface area contributed by atoms with Gasteiger partial charge in [-0.3, -0.25) is 4.79 Å². The molecule has 0 bridgehead atoms. The normalized spacial score (nSPS) is 20.7. The molecule has 0 N–H and O–H groups in total. The van der Waals surface area contributed by atoms with Gasteiger partial charge in [-0.2, -0.15) is 0 Å². The van der Waals surface area contributed by atoms with E-state index in [1.54, 1.807) is 6.08 Å². The van der Waals surface area contributed by atoms with Crippen molar-refractivity contribution < 1.29 is 4.79 Å². The highest BCUT2D eigenvalue weighted by Crippen LogP contribution is 2.36. The van der Waals surface area contributed by atoms with Crippen molar-refractivity contribution in [1.82, 2.24) is 0 Å². The molecule has 2 aromatic rings. The molecule has 2 aromatic carbocycles. The Bertz CT molecular complexity index is 710. The maximum Gasteiger partial charge on any atom is 0.166 e. The fourth-order valence-corrected chi connectivity index (χ4v) is 2.83. The van der Waals surface area contributed by atoms with Crippen LogP contribution in [0.5, 0.6) is 0 Å². The van der Waals surface area contributed by atoms with Gasteiger partial charge in [0.05, 0.1) is 5.41 Å². The summed E-state index contributed by atoms with van der Waals surface area (Å²) in [5, 5.41) is 0. The van der Waals surface area contributed by atoms with E-state index >= 15 is 0 Å². The van der Waals surface area contributed by atoms with E-state index < -0.39 is 5.41 Å². The number of hydrogen-bond acceptors (Lipinski definition) is 1. The minimum absolute atomic E-state index is 0.180. The molecule has 1 heteroatoms. The molecular weight excluding hydrogens is 256 g/mol. The van der Waals surface area contributed by atoms with Gasteiger partial charge in [-0.1, -0.05) is 72.8 Å². The lowest BCUT2D eigenvalue weighted by Crippen LogP contribution is -2.33. The maximum absolute atomic E-state index is 12.4. The third-order valence-corrected chi connectivity index (χ3v) is 4.15. The van der Waals surface area contributed by atoms with E-state index in [1.807, 2.05) is 43.3 Å². The van der Waals surface area contributed by atoms with Gasteiger partial charge in [-0.15, -0.1) is 0 Å². The lowest BCUT2D eigenvalue weighted by Gasteiger charge is -2.30. The van der Waals surface area contributed by atoms with E-state index in [1.165, 1.54) is 0 Å². The van der Waals surface area contributed by atoms with Crippen molar-refractivity contribution in [2.75, 3.05) is 0 Å². The van der Waals surface area contributed by atoms with Crippen LogP contribution in [-0.2, 0) is 10.2 Å². The van der Waals surface area contributed by atoms with Gasteiger partial charge < -0.3 is 0 Å². The fraction of sp³-hybridized carbons (Fsp3) is 0.150. The molecule has 1 atom stereocenters. The molecule has 0 spiro atoms. The Morgan fingerprint density at radius 1 is 0.952 bits per heavy atom. The number of allylic oxidation sites excluding steroid dienone is 2. The Balaban J connectivity index is 1.88. The molecule has 0 amide bonds. The van der Waals surface area contributed by atoms with Gasteiger partial charge >= 0.3 is 0 Å². The maximum atomic E-state index is 12.4. The first-order valence-electron chi connectivity index (χ1n) is 7.24. The summed E-state index contributed by atoms with van der Waals surface area (Å²) >= 11 is 0. The van der Waals surface area contributed by atoms with Gasteiger partial charge in [0.25, 0.3) is 0 Å². The predicted octanol–water partition coefficient (Wildman–Crippen LogP) is 4.64. The molecule has 0 radical (unpaired) electrons. The first kappa shape index (κ1) is 13.6. The zero-order valence-corrected chi connectivity index (χ0v) is 12.1. The van der Waals surface area contributed by atoms with Crippen LogP contribution >= 0.6 is 0 Å². The summed E-state index contributed by atoms with van der Waals surface area (Å²) in [5.74, 6) is 0.180. The molecule has 0 unspecified atom stereocenters. The Morgan fingerprint density at radius 3 is 2.48 bits per heavy atom. The van der Waals surface area contributed by atoms with Gasteiger partial charge in [0.2, 0.25) is 0 Å². The topological polar surface area (TPSA) is 17.1 Å². The van der Waals surface area contributed by atoms with E-state index in [0.717, 1.165) is 16.7 Å². The average molecular weight is 274 g/mol. The lowest BCUT2D eigenvalue weighted by molar-refractivity contribution is -0.119. The Morgan fingerprint density at radius 2 is 1.67 bits per heavy atom. The third kappa shape index (κ3) is 2.59. The van der Waals surface area contributed by atoms with Crippen molar-refractivity contribution in [1.29, 1.82) is 0 Å². The standard InChI is InChI=1S/C20H18O/c1-20(15-7-10-16-8-3-2-4-9-16)18-12-6-5-11-17(18)13-14-19(20)21/h2-14H,15H2,1H3/b10-7+/t20-/m0/s1. The minimum Gasteiger partial charge on any atom is -0.294 e. The molecule has 1 aliphatic rings. The molecule has 3 rings (SSSR count). The third-order valence-electron chi connectivity index (χ3n) is 4.15. The number of hydrogen-bond donors (Lipinski definition) is 0. The van der Waals surface area contributed by atoms with Crippen LogP contribution in [0.1, 0.15) is 30.0 Å². The van der Waals surface area contributed by atoms with Crippen molar-refractivity contribution in [2.24, 2.45) is 0 Å². The zero-order chi connectivity index (χ0) is 14.7. The first-order valence-corrected chi connectivity index (χ1v) is 7.24. The average Bonchev–Trinajstić information content (AvgIpc) is 2.53. The SMILES string of the molecule is C[C@@]1(C/C=C/c2ccccc2)C(=O)C=Cc2ccccc21. The fourth-order valence-electron chi connectivity index (χ4n) is 2.83. The summed E-state index contributed by atoms with van der Waals surface area (Å²) in [7, 11) is 0. The van der Waals surface area contributed by atoms with Crippen LogP contribution in [0.3, 0.4) is 0 Å². The number of fused-ring (bicyclic) bond motifs is 1.